The van der Waals surface area contributed by atoms with E-state index < -0.39 is 0 Å². The summed E-state index contributed by atoms with van der Waals surface area (Å²) in [5, 5.41) is 4.19. The lowest BCUT2D eigenvalue weighted by Gasteiger charge is -2.31. The highest BCUT2D eigenvalue weighted by Gasteiger charge is 2.43. The molecule has 2 heterocycles. The second-order valence-corrected chi connectivity index (χ2v) is 8.07. The van der Waals surface area contributed by atoms with Crippen molar-refractivity contribution in [2.75, 3.05) is 26.2 Å². The molecule has 1 aromatic carbocycles. The Bertz CT molecular complexity index is 604. The molecule has 5 nitrogen and oxygen atoms in total. The summed E-state index contributed by atoms with van der Waals surface area (Å²) in [6, 6.07) is 8.25. The van der Waals surface area contributed by atoms with Crippen LogP contribution in [-0.2, 0) is 11.2 Å². The maximum Gasteiger partial charge on any atom is 0.241 e. The molecule has 3 unspecified atom stereocenters. The molecule has 3 aliphatic rings. The molecular weight excluding hydrogens is 336 g/mol. The highest BCUT2D eigenvalue weighted by atomic mass is 35.5. The van der Waals surface area contributed by atoms with Gasteiger partial charge in [0.25, 0.3) is 0 Å². The molecule has 6 heteroatoms. The Balaban J connectivity index is 1.40. The molecule has 0 aromatic heterocycles. The maximum atomic E-state index is 13.2. The molecule has 3 N–H and O–H groups in total. The molecule has 2 saturated heterocycles. The lowest BCUT2D eigenvalue weighted by Crippen LogP contribution is -2.51. The van der Waals surface area contributed by atoms with Crippen LogP contribution in [0.1, 0.15) is 24.8 Å². The normalized spacial score (nSPS) is 28.6. The van der Waals surface area contributed by atoms with Crippen LogP contribution in [0.2, 0.25) is 5.02 Å². The predicted molar refractivity (Wildman–Crippen MR) is 99.3 cm³/mol. The largest absolute Gasteiger partial charge is 0.341 e. The lowest BCUT2D eigenvalue weighted by atomic mass is 9.88. The van der Waals surface area contributed by atoms with Crippen molar-refractivity contribution in [3.05, 3.63) is 34.9 Å². The summed E-state index contributed by atoms with van der Waals surface area (Å²) >= 11 is 5.97. The van der Waals surface area contributed by atoms with Gasteiger partial charge in [0.1, 0.15) is 6.04 Å². The zero-order valence-corrected chi connectivity index (χ0v) is 15.3. The van der Waals surface area contributed by atoms with Crippen LogP contribution in [0.3, 0.4) is 0 Å². The molecule has 0 bridgehead atoms. The van der Waals surface area contributed by atoms with Crippen molar-refractivity contribution in [3.8, 4) is 0 Å². The first-order valence-electron chi connectivity index (χ1n) is 9.46. The zero-order valence-electron chi connectivity index (χ0n) is 14.5. The van der Waals surface area contributed by atoms with Gasteiger partial charge < -0.3 is 10.2 Å². The average Bonchev–Trinajstić information content (AvgIpc) is 3.35. The van der Waals surface area contributed by atoms with Crippen LogP contribution in [0.5, 0.6) is 0 Å². The van der Waals surface area contributed by atoms with E-state index in [-0.39, 0.29) is 11.9 Å². The van der Waals surface area contributed by atoms with Crippen molar-refractivity contribution in [2.45, 2.75) is 37.8 Å². The van der Waals surface area contributed by atoms with Crippen molar-refractivity contribution in [1.82, 2.24) is 21.1 Å². The molecule has 0 spiro atoms. The van der Waals surface area contributed by atoms with Crippen LogP contribution >= 0.6 is 11.6 Å². The number of carbonyl (C=O) groups excluding carboxylic acids is 1. The second kappa shape index (κ2) is 7.62. The highest BCUT2D eigenvalue weighted by Crippen LogP contribution is 2.31. The first-order valence-corrected chi connectivity index (χ1v) is 9.83. The number of carbonyl (C=O) groups is 1. The number of amides is 1. The highest BCUT2D eigenvalue weighted by molar-refractivity contribution is 6.30. The number of benzene rings is 1. The van der Waals surface area contributed by atoms with Crippen LogP contribution in [0.15, 0.2) is 24.3 Å². The number of fused-ring (bicyclic) bond motifs is 1. The maximum absolute atomic E-state index is 13.2. The van der Waals surface area contributed by atoms with Crippen LogP contribution in [0.4, 0.5) is 0 Å². The number of hydrazine groups is 1. The molecule has 0 radical (unpaired) electrons. The van der Waals surface area contributed by atoms with Crippen LogP contribution in [0, 0.1) is 11.8 Å². The van der Waals surface area contributed by atoms with E-state index in [4.69, 9.17) is 11.6 Å². The first-order chi connectivity index (χ1) is 12.2. The van der Waals surface area contributed by atoms with Crippen molar-refractivity contribution < 1.29 is 4.79 Å². The van der Waals surface area contributed by atoms with Gasteiger partial charge in [-0.3, -0.25) is 10.2 Å². The monoisotopic (exact) mass is 362 g/mol. The van der Waals surface area contributed by atoms with E-state index in [0.29, 0.717) is 17.9 Å². The van der Waals surface area contributed by atoms with E-state index in [9.17, 15) is 4.79 Å². The van der Waals surface area contributed by atoms with Gasteiger partial charge in [0, 0.05) is 36.6 Å². The molecule has 2 aliphatic heterocycles. The number of nitrogens with zero attached hydrogens (tertiary/aromatic N) is 1. The molecule has 136 valence electrons. The fourth-order valence-corrected chi connectivity index (χ4v) is 4.10. The third-order valence-electron chi connectivity index (χ3n) is 5.72. The van der Waals surface area contributed by atoms with E-state index >= 15 is 0 Å². The molecule has 3 atom stereocenters. The summed E-state index contributed by atoms with van der Waals surface area (Å²) in [7, 11) is 0. The van der Waals surface area contributed by atoms with Gasteiger partial charge in [-0.25, -0.2) is 5.43 Å². The Morgan fingerprint density at radius 3 is 2.72 bits per heavy atom. The van der Waals surface area contributed by atoms with Crippen LogP contribution < -0.4 is 16.2 Å². The Labute approximate surface area is 154 Å². The van der Waals surface area contributed by atoms with Gasteiger partial charge in [-0.1, -0.05) is 23.7 Å². The molecule has 1 saturated carbocycles. The van der Waals surface area contributed by atoms with Gasteiger partial charge in [-0.2, -0.15) is 0 Å². The molecule has 1 amide bonds. The van der Waals surface area contributed by atoms with Gasteiger partial charge in [-0.15, -0.1) is 0 Å². The number of hydrogen-bond acceptors (Lipinski definition) is 4. The zero-order chi connectivity index (χ0) is 17.2. The SMILES string of the molecule is O=C(C1NNC2CCNCC21)N(CCc1ccc(Cl)cc1)CC1CC1. The van der Waals surface area contributed by atoms with Gasteiger partial charge in [-0.05, 0) is 55.8 Å². The minimum absolute atomic E-state index is 0.109. The Kier molecular flexibility index (Phi) is 5.27. The number of halogens is 1. The standard InChI is InChI=1S/C19H27ClN4O/c20-15-5-3-13(4-6-15)8-10-24(12-14-1-2-14)19(25)18-16-11-21-9-7-17(16)22-23-18/h3-6,14,16-18,21-23H,1-2,7-12H2. The molecule has 4 rings (SSSR count). The minimum Gasteiger partial charge on any atom is -0.341 e. The van der Waals surface area contributed by atoms with E-state index in [0.717, 1.165) is 44.0 Å². The van der Waals surface area contributed by atoms with Crippen molar-refractivity contribution in [1.29, 1.82) is 0 Å². The first kappa shape index (κ1) is 17.3. The van der Waals surface area contributed by atoms with E-state index in [2.05, 4.69) is 33.2 Å². The summed E-state index contributed by atoms with van der Waals surface area (Å²) in [4.78, 5) is 15.3. The molecular formula is C19H27ClN4O. The van der Waals surface area contributed by atoms with E-state index in [1.54, 1.807) is 0 Å². The number of hydrogen-bond donors (Lipinski definition) is 3. The third kappa shape index (κ3) is 4.17. The van der Waals surface area contributed by atoms with E-state index in [1.165, 1.54) is 18.4 Å². The number of piperidine rings is 1. The van der Waals surface area contributed by atoms with E-state index in [1.807, 2.05) is 12.1 Å². The topological polar surface area (TPSA) is 56.4 Å². The van der Waals surface area contributed by atoms with Crippen molar-refractivity contribution in [3.63, 3.8) is 0 Å². The summed E-state index contributed by atoms with van der Waals surface area (Å²) in [6.07, 6.45) is 4.47. The molecule has 1 aliphatic carbocycles. The average molecular weight is 363 g/mol. The molecule has 3 fully saturated rings. The Morgan fingerprint density at radius 1 is 1.16 bits per heavy atom. The smallest absolute Gasteiger partial charge is 0.241 e. The summed E-state index contributed by atoms with van der Waals surface area (Å²) < 4.78 is 0. The predicted octanol–water partition coefficient (Wildman–Crippen LogP) is 1.58. The van der Waals surface area contributed by atoms with Gasteiger partial charge >= 0.3 is 0 Å². The minimum atomic E-state index is -0.109. The fraction of sp³-hybridized carbons (Fsp3) is 0.632. The summed E-state index contributed by atoms with van der Waals surface area (Å²) in [6.45, 7) is 3.62. The van der Waals surface area contributed by atoms with Gasteiger partial charge in [0.05, 0.1) is 0 Å². The summed E-state index contributed by atoms with van der Waals surface area (Å²) in [5.74, 6) is 1.30. The molecule has 1 aromatic rings. The van der Waals surface area contributed by atoms with Crippen molar-refractivity contribution in [2.24, 2.45) is 11.8 Å². The fourth-order valence-electron chi connectivity index (χ4n) is 3.98. The number of nitrogens with one attached hydrogen (secondary N) is 3. The molecule has 25 heavy (non-hydrogen) atoms. The second-order valence-electron chi connectivity index (χ2n) is 7.63. The van der Waals surface area contributed by atoms with Gasteiger partial charge in [0.15, 0.2) is 0 Å². The van der Waals surface area contributed by atoms with Crippen LogP contribution in [-0.4, -0.2) is 49.1 Å². The summed E-state index contributed by atoms with van der Waals surface area (Å²) in [5.41, 5.74) is 7.85. The van der Waals surface area contributed by atoms with Gasteiger partial charge in [0.2, 0.25) is 5.91 Å². The quantitative estimate of drug-likeness (QED) is 0.719. The number of rotatable bonds is 6. The third-order valence-corrected chi connectivity index (χ3v) is 5.97. The Morgan fingerprint density at radius 2 is 1.96 bits per heavy atom. The Hall–Kier alpha value is -1.14. The van der Waals surface area contributed by atoms with Crippen LogP contribution in [0.25, 0.3) is 0 Å². The lowest BCUT2D eigenvalue weighted by molar-refractivity contribution is -0.134. The van der Waals surface area contributed by atoms with Crippen molar-refractivity contribution >= 4 is 17.5 Å².